The zero-order valence-corrected chi connectivity index (χ0v) is 15.6. The Morgan fingerprint density at radius 3 is 2.52 bits per heavy atom. The van der Waals surface area contributed by atoms with Crippen molar-refractivity contribution in [1.29, 1.82) is 0 Å². The summed E-state index contributed by atoms with van der Waals surface area (Å²) in [4.78, 5) is 16.6. The number of carbonyl (C=O) groups excluding carboxylic acids is 1. The van der Waals surface area contributed by atoms with Gasteiger partial charge >= 0.3 is 0 Å². The molecule has 0 aromatic heterocycles. The SMILES string of the molecule is C=C/C(C)=C(/CC)C(=NCC(CCCC)OCCNC)C(C)=O. The van der Waals surface area contributed by atoms with Crippen molar-refractivity contribution in [1.82, 2.24) is 5.32 Å². The van der Waals surface area contributed by atoms with Crippen molar-refractivity contribution in [2.24, 2.45) is 4.99 Å². The second kappa shape index (κ2) is 13.2. The Hall–Kier alpha value is -1.26. The third-order valence-corrected chi connectivity index (χ3v) is 3.79. The summed E-state index contributed by atoms with van der Waals surface area (Å²) in [7, 11) is 1.91. The van der Waals surface area contributed by atoms with Crippen LogP contribution in [0.4, 0.5) is 0 Å². The molecule has 1 N–H and O–H groups in total. The minimum atomic E-state index is 0.00696. The lowest BCUT2D eigenvalue weighted by molar-refractivity contribution is -0.111. The van der Waals surface area contributed by atoms with Crippen molar-refractivity contribution in [3.05, 3.63) is 23.8 Å². The molecular weight excluding hydrogens is 288 g/mol. The van der Waals surface area contributed by atoms with E-state index in [1.165, 1.54) is 0 Å². The molecule has 0 amide bonds. The van der Waals surface area contributed by atoms with E-state index in [9.17, 15) is 4.79 Å². The Morgan fingerprint density at radius 2 is 2.04 bits per heavy atom. The molecule has 4 heteroatoms. The summed E-state index contributed by atoms with van der Waals surface area (Å²) in [5, 5.41) is 3.08. The fourth-order valence-electron chi connectivity index (χ4n) is 2.36. The Labute approximate surface area is 142 Å². The molecule has 0 aliphatic heterocycles. The number of ether oxygens (including phenoxy) is 1. The van der Waals surface area contributed by atoms with Gasteiger partial charge in [-0.1, -0.05) is 39.3 Å². The van der Waals surface area contributed by atoms with E-state index < -0.39 is 0 Å². The predicted molar refractivity (Wildman–Crippen MR) is 99.4 cm³/mol. The topological polar surface area (TPSA) is 50.7 Å². The fraction of sp³-hybridized carbons (Fsp3) is 0.684. The van der Waals surface area contributed by atoms with Gasteiger partial charge in [0.1, 0.15) is 5.71 Å². The summed E-state index contributed by atoms with van der Waals surface area (Å²) in [6.07, 6.45) is 5.84. The standard InChI is InChI=1S/C19H34N2O2/c1-7-10-11-17(23-13-12-20-6)14-21-19(16(5)22)18(9-3)15(4)8-2/h8,17,20H,2,7,9-14H2,1,3-6H3/b18-15-,21-19?. The van der Waals surface area contributed by atoms with Crippen LogP contribution in [0.1, 0.15) is 53.4 Å². The van der Waals surface area contributed by atoms with Crippen LogP contribution < -0.4 is 5.32 Å². The number of allylic oxidation sites excluding steroid dienone is 3. The molecule has 0 aliphatic rings. The molecule has 0 fully saturated rings. The summed E-state index contributed by atoms with van der Waals surface area (Å²) in [5.74, 6) is 0.00696. The van der Waals surface area contributed by atoms with Gasteiger partial charge in [-0.2, -0.15) is 0 Å². The van der Waals surface area contributed by atoms with Gasteiger partial charge in [0.05, 0.1) is 19.3 Å². The number of hydrogen-bond donors (Lipinski definition) is 1. The molecule has 1 atom stereocenters. The number of Topliss-reactive ketones (excluding diaryl/α,β-unsaturated/α-hetero) is 1. The van der Waals surface area contributed by atoms with Crippen LogP contribution in [0, 0.1) is 0 Å². The third-order valence-electron chi connectivity index (χ3n) is 3.79. The molecule has 0 saturated carbocycles. The van der Waals surface area contributed by atoms with Gasteiger partial charge in [-0.3, -0.25) is 9.79 Å². The smallest absolute Gasteiger partial charge is 0.177 e. The lowest BCUT2D eigenvalue weighted by atomic mass is 9.99. The summed E-state index contributed by atoms with van der Waals surface area (Å²) in [5.41, 5.74) is 2.57. The normalized spacial score (nSPS) is 14.4. The number of carbonyl (C=O) groups is 1. The third kappa shape index (κ3) is 8.82. The number of aliphatic imine (C=N–C) groups is 1. The van der Waals surface area contributed by atoms with E-state index in [1.54, 1.807) is 13.0 Å². The molecule has 0 spiro atoms. The van der Waals surface area contributed by atoms with Crippen LogP contribution in [0.2, 0.25) is 0 Å². The second-order valence-corrected chi connectivity index (χ2v) is 5.70. The first-order valence-corrected chi connectivity index (χ1v) is 8.65. The van der Waals surface area contributed by atoms with Gasteiger partial charge < -0.3 is 10.1 Å². The van der Waals surface area contributed by atoms with Crippen LogP contribution in [0.25, 0.3) is 0 Å². The Bertz CT molecular complexity index is 425. The zero-order valence-electron chi connectivity index (χ0n) is 15.6. The number of rotatable bonds is 13. The zero-order chi connectivity index (χ0) is 17.7. The second-order valence-electron chi connectivity index (χ2n) is 5.70. The number of hydrogen-bond acceptors (Lipinski definition) is 4. The Morgan fingerprint density at radius 1 is 1.35 bits per heavy atom. The quantitative estimate of drug-likeness (QED) is 0.319. The molecule has 23 heavy (non-hydrogen) atoms. The van der Waals surface area contributed by atoms with Crippen molar-refractivity contribution in [2.45, 2.75) is 59.5 Å². The minimum Gasteiger partial charge on any atom is -0.375 e. The van der Waals surface area contributed by atoms with Crippen LogP contribution in [-0.4, -0.2) is 44.3 Å². The van der Waals surface area contributed by atoms with Crippen molar-refractivity contribution >= 4 is 11.5 Å². The van der Waals surface area contributed by atoms with E-state index >= 15 is 0 Å². The largest absolute Gasteiger partial charge is 0.375 e. The maximum Gasteiger partial charge on any atom is 0.177 e. The molecule has 0 bridgehead atoms. The van der Waals surface area contributed by atoms with Crippen molar-refractivity contribution < 1.29 is 9.53 Å². The number of nitrogens with one attached hydrogen (secondary N) is 1. The Kier molecular flexibility index (Phi) is 12.5. The fourth-order valence-corrected chi connectivity index (χ4v) is 2.36. The highest BCUT2D eigenvalue weighted by molar-refractivity contribution is 6.45. The maximum absolute atomic E-state index is 12.0. The van der Waals surface area contributed by atoms with Crippen LogP contribution in [0.3, 0.4) is 0 Å². The van der Waals surface area contributed by atoms with Crippen LogP contribution in [0.5, 0.6) is 0 Å². The molecule has 0 aliphatic carbocycles. The van der Waals surface area contributed by atoms with Crippen molar-refractivity contribution in [3.63, 3.8) is 0 Å². The van der Waals surface area contributed by atoms with Gasteiger partial charge in [0.15, 0.2) is 5.78 Å². The Balaban J connectivity index is 5.13. The first kappa shape index (κ1) is 21.7. The highest BCUT2D eigenvalue weighted by Crippen LogP contribution is 2.14. The molecule has 0 radical (unpaired) electrons. The summed E-state index contributed by atoms with van der Waals surface area (Å²) >= 11 is 0. The molecule has 0 aromatic carbocycles. The summed E-state index contributed by atoms with van der Waals surface area (Å²) in [6.45, 7) is 13.6. The molecule has 0 aromatic rings. The monoisotopic (exact) mass is 322 g/mol. The molecule has 0 saturated heterocycles. The summed E-state index contributed by atoms with van der Waals surface area (Å²) in [6, 6.07) is 0. The molecule has 1 unspecified atom stereocenters. The highest BCUT2D eigenvalue weighted by atomic mass is 16.5. The van der Waals surface area contributed by atoms with E-state index in [0.717, 1.165) is 43.4 Å². The van der Waals surface area contributed by atoms with Gasteiger partial charge in [0, 0.05) is 13.5 Å². The van der Waals surface area contributed by atoms with E-state index in [1.807, 2.05) is 20.9 Å². The molecule has 4 nitrogen and oxygen atoms in total. The van der Waals surface area contributed by atoms with Gasteiger partial charge in [0.2, 0.25) is 0 Å². The highest BCUT2D eigenvalue weighted by Gasteiger charge is 2.15. The lowest BCUT2D eigenvalue weighted by Gasteiger charge is -2.17. The number of unbranched alkanes of at least 4 members (excludes halogenated alkanes) is 1. The van der Waals surface area contributed by atoms with Crippen LogP contribution >= 0.6 is 0 Å². The summed E-state index contributed by atoms with van der Waals surface area (Å²) < 4.78 is 5.90. The minimum absolute atomic E-state index is 0.00696. The number of nitrogens with zero attached hydrogens (tertiary/aromatic N) is 1. The van der Waals surface area contributed by atoms with Gasteiger partial charge in [-0.25, -0.2) is 0 Å². The maximum atomic E-state index is 12.0. The average Bonchev–Trinajstić information content (AvgIpc) is 2.54. The lowest BCUT2D eigenvalue weighted by Crippen LogP contribution is -2.24. The van der Waals surface area contributed by atoms with Gasteiger partial charge in [-0.05, 0) is 38.0 Å². The van der Waals surface area contributed by atoms with E-state index in [4.69, 9.17) is 4.74 Å². The van der Waals surface area contributed by atoms with E-state index in [-0.39, 0.29) is 11.9 Å². The van der Waals surface area contributed by atoms with E-state index in [2.05, 4.69) is 23.8 Å². The molecule has 0 rings (SSSR count). The number of ketones is 1. The molecular formula is C19H34N2O2. The molecule has 132 valence electrons. The van der Waals surface area contributed by atoms with Gasteiger partial charge in [-0.15, -0.1) is 0 Å². The van der Waals surface area contributed by atoms with E-state index in [0.29, 0.717) is 18.9 Å². The predicted octanol–water partition coefficient (Wildman–Crippen LogP) is 3.72. The first-order chi connectivity index (χ1) is 11.0. The molecule has 0 heterocycles. The van der Waals surface area contributed by atoms with Crippen LogP contribution in [0.15, 0.2) is 28.8 Å². The van der Waals surface area contributed by atoms with Crippen molar-refractivity contribution in [2.75, 3.05) is 26.7 Å². The first-order valence-electron chi connectivity index (χ1n) is 8.65. The van der Waals surface area contributed by atoms with Gasteiger partial charge in [0.25, 0.3) is 0 Å². The van der Waals surface area contributed by atoms with Crippen molar-refractivity contribution in [3.8, 4) is 0 Å². The number of likely N-dealkylation sites (N-methyl/N-ethyl adjacent to an activating group) is 1. The van der Waals surface area contributed by atoms with Crippen LogP contribution in [-0.2, 0) is 9.53 Å². The average molecular weight is 322 g/mol.